The van der Waals surface area contributed by atoms with E-state index in [2.05, 4.69) is 34.3 Å². The summed E-state index contributed by atoms with van der Waals surface area (Å²) >= 11 is 4.41. The third-order valence-electron chi connectivity index (χ3n) is 6.40. The van der Waals surface area contributed by atoms with Gasteiger partial charge in [-0.05, 0) is 79.2 Å². The summed E-state index contributed by atoms with van der Waals surface area (Å²) in [5.41, 5.74) is 4.51. The topological polar surface area (TPSA) is 51.5 Å². The van der Waals surface area contributed by atoms with Crippen molar-refractivity contribution in [3.05, 3.63) is 104 Å². The molecule has 2 amide bonds. The van der Waals surface area contributed by atoms with Crippen molar-refractivity contribution in [3.8, 4) is 5.75 Å². The first-order chi connectivity index (χ1) is 17.8. The van der Waals surface area contributed by atoms with Gasteiger partial charge in [0.05, 0.1) is 18.0 Å². The van der Waals surface area contributed by atoms with Crippen LogP contribution in [0.3, 0.4) is 0 Å². The van der Waals surface area contributed by atoms with Gasteiger partial charge in [0.25, 0.3) is 11.1 Å². The van der Waals surface area contributed by atoms with E-state index in [1.54, 1.807) is 24.3 Å². The molecule has 1 aromatic heterocycles. The van der Waals surface area contributed by atoms with E-state index in [0.29, 0.717) is 23.6 Å². The Hall–Kier alpha value is -3.36. The van der Waals surface area contributed by atoms with Gasteiger partial charge < -0.3 is 9.30 Å². The Morgan fingerprint density at radius 2 is 1.84 bits per heavy atom. The van der Waals surface area contributed by atoms with Gasteiger partial charge in [0.1, 0.15) is 18.2 Å². The minimum absolute atomic E-state index is 0.0994. The van der Waals surface area contributed by atoms with Gasteiger partial charge in [0, 0.05) is 32.7 Å². The molecule has 1 aliphatic heterocycles. The zero-order valence-corrected chi connectivity index (χ0v) is 22.7. The van der Waals surface area contributed by atoms with Crippen LogP contribution in [0, 0.1) is 19.7 Å². The maximum Gasteiger partial charge on any atom is 0.293 e. The number of aryl methyl sites for hydroxylation is 2. The van der Waals surface area contributed by atoms with Crippen LogP contribution in [0.4, 0.5) is 9.18 Å². The predicted molar refractivity (Wildman–Crippen MR) is 149 cm³/mol. The van der Waals surface area contributed by atoms with E-state index in [9.17, 15) is 14.0 Å². The molecular formula is C29H24BrFN2O3S. The standard InChI is InChI=1S/C29H24BrFN2O3S/c1-18-7-9-23(13-19(18)2)36-12-11-32-16-21(24-15-22(30)8-10-26(24)32)14-27-28(34)33(29(35)37-27)17-20-5-3-4-6-25(20)31/h3-10,13-16H,11-12,17H2,1-2H3/b27-14-. The molecule has 0 aliphatic carbocycles. The van der Waals surface area contributed by atoms with Crippen LogP contribution in [0.2, 0.25) is 0 Å². The lowest BCUT2D eigenvalue weighted by Crippen LogP contribution is -2.27. The molecule has 1 fully saturated rings. The fraction of sp³-hybridized carbons (Fsp3) is 0.172. The van der Waals surface area contributed by atoms with E-state index in [-0.39, 0.29) is 6.54 Å². The van der Waals surface area contributed by atoms with Crippen LogP contribution in [0.5, 0.6) is 5.75 Å². The number of halogens is 2. The summed E-state index contributed by atoms with van der Waals surface area (Å²) in [6.07, 6.45) is 3.70. The maximum atomic E-state index is 14.1. The normalized spacial score (nSPS) is 14.8. The smallest absolute Gasteiger partial charge is 0.293 e. The molecule has 0 N–H and O–H groups in total. The van der Waals surface area contributed by atoms with Crippen molar-refractivity contribution in [3.63, 3.8) is 0 Å². The van der Waals surface area contributed by atoms with Crippen molar-refractivity contribution in [1.29, 1.82) is 0 Å². The lowest BCUT2D eigenvalue weighted by atomic mass is 10.1. The molecule has 2 heterocycles. The molecule has 4 aromatic rings. The molecule has 1 aliphatic rings. The molecule has 0 atom stereocenters. The predicted octanol–water partition coefficient (Wildman–Crippen LogP) is 7.48. The molecule has 0 radical (unpaired) electrons. The van der Waals surface area contributed by atoms with Gasteiger partial charge in [0.15, 0.2) is 0 Å². The Kier molecular flexibility index (Phi) is 7.22. The molecule has 188 valence electrons. The number of rotatable bonds is 7. The van der Waals surface area contributed by atoms with E-state index < -0.39 is 17.0 Å². The second-order valence-electron chi connectivity index (χ2n) is 8.89. The summed E-state index contributed by atoms with van der Waals surface area (Å²) in [6.45, 7) is 5.11. The largest absolute Gasteiger partial charge is 0.492 e. The van der Waals surface area contributed by atoms with E-state index in [4.69, 9.17) is 4.74 Å². The van der Waals surface area contributed by atoms with Crippen molar-refractivity contribution in [2.75, 3.05) is 6.61 Å². The van der Waals surface area contributed by atoms with E-state index in [0.717, 1.165) is 43.4 Å². The summed E-state index contributed by atoms with van der Waals surface area (Å²) in [6, 6.07) is 18.2. The fourth-order valence-corrected chi connectivity index (χ4v) is 5.43. The van der Waals surface area contributed by atoms with Crippen LogP contribution in [0.1, 0.15) is 22.3 Å². The highest BCUT2D eigenvalue weighted by atomic mass is 79.9. The number of hydrogen-bond donors (Lipinski definition) is 0. The van der Waals surface area contributed by atoms with E-state index >= 15 is 0 Å². The fourth-order valence-electron chi connectivity index (χ4n) is 4.24. The Balaban J connectivity index is 1.39. The van der Waals surface area contributed by atoms with Crippen LogP contribution in [-0.4, -0.2) is 27.2 Å². The van der Waals surface area contributed by atoms with Crippen molar-refractivity contribution in [2.45, 2.75) is 26.9 Å². The van der Waals surface area contributed by atoms with Gasteiger partial charge in [0.2, 0.25) is 0 Å². The molecule has 0 bridgehead atoms. The monoisotopic (exact) mass is 578 g/mol. The Labute approximate surface area is 227 Å². The lowest BCUT2D eigenvalue weighted by Gasteiger charge is -2.12. The quantitative estimate of drug-likeness (QED) is 0.213. The Morgan fingerprint density at radius 1 is 1.03 bits per heavy atom. The molecular weight excluding hydrogens is 555 g/mol. The number of fused-ring (bicyclic) bond motifs is 1. The summed E-state index contributed by atoms with van der Waals surface area (Å²) in [7, 11) is 0. The summed E-state index contributed by atoms with van der Waals surface area (Å²) in [4.78, 5) is 27.1. The van der Waals surface area contributed by atoms with Gasteiger partial charge in [-0.3, -0.25) is 14.5 Å². The number of benzene rings is 3. The first kappa shape index (κ1) is 25.3. The number of amides is 2. The van der Waals surface area contributed by atoms with E-state index in [1.807, 2.05) is 42.6 Å². The zero-order chi connectivity index (χ0) is 26.1. The summed E-state index contributed by atoms with van der Waals surface area (Å²) in [5, 5.41) is 0.535. The maximum absolute atomic E-state index is 14.1. The lowest BCUT2D eigenvalue weighted by molar-refractivity contribution is -0.123. The first-order valence-electron chi connectivity index (χ1n) is 11.8. The molecule has 0 spiro atoms. The van der Waals surface area contributed by atoms with Gasteiger partial charge >= 0.3 is 0 Å². The molecule has 37 heavy (non-hydrogen) atoms. The molecule has 1 saturated heterocycles. The zero-order valence-electron chi connectivity index (χ0n) is 20.3. The molecule has 0 unspecified atom stereocenters. The number of thioether (sulfide) groups is 1. The SMILES string of the molecule is Cc1ccc(OCCn2cc(/C=C3\SC(=O)N(Cc4ccccc4F)C3=O)c3cc(Br)ccc32)cc1C. The van der Waals surface area contributed by atoms with Crippen LogP contribution < -0.4 is 4.74 Å². The van der Waals surface area contributed by atoms with Crippen molar-refractivity contribution < 1.29 is 18.7 Å². The van der Waals surface area contributed by atoms with Crippen molar-refractivity contribution in [2.24, 2.45) is 0 Å². The minimum atomic E-state index is -0.443. The van der Waals surface area contributed by atoms with E-state index in [1.165, 1.54) is 17.2 Å². The van der Waals surface area contributed by atoms with Crippen molar-refractivity contribution >= 4 is 55.8 Å². The molecule has 5 rings (SSSR count). The second-order valence-corrected chi connectivity index (χ2v) is 10.8. The Morgan fingerprint density at radius 3 is 2.62 bits per heavy atom. The van der Waals surface area contributed by atoms with Gasteiger partial charge in [-0.15, -0.1) is 0 Å². The highest BCUT2D eigenvalue weighted by molar-refractivity contribution is 9.10. The third-order valence-corrected chi connectivity index (χ3v) is 7.80. The minimum Gasteiger partial charge on any atom is -0.492 e. The molecule has 8 heteroatoms. The number of imide groups is 1. The number of hydrogen-bond acceptors (Lipinski definition) is 4. The van der Waals surface area contributed by atoms with Gasteiger partial charge in [-0.2, -0.15) is 0 Å². The number of ether oxygens (including phenoxy) is 1. The van der Waals surface area contributed by atoms with Gasteiger partial charge in [-0.1, -0.05) is 40.2 Å². The van der Waals surface area contributed by atoms with Crippen LogP contribution in [-0.2, 0) is 17.9 Å². The highest BCUT2D eigenvalue weighted by Crippen LogP contribution is 2.36. The summed E-state index contributed by atoms with van der Waals surface area (Å²) in [5.74, 6) is -0.0419. The highest BCUT2D eigenvalue weighted by Gasteiger charge is 2.35. The molecule has 0 saturated carbocycles. The first-order valence-corrected chi connectivity index (χ1v) is 13.4. The number of nitrogens with zero attached hydrogens (tertiary/aromatic N) is 2. The average molecular weight is 579 g/mol. The van der Waals surface area contributed by atoms with Crippen LogP contribution in [0.15, 0.2) is 76.2 Å². The number of carbonyl (C=O) groups is 2. The summed E-state index contributed by atoms with van der Waals surface area (Å²) < 4.78 is 23.1. The van der Waals surface area contributed by atoms with Crippen molar-refractivity contribution in [1.82, 2.24) is 9.47 Å². The molecule has 5 nitrogen and oxygen atoms in total. The van der Waals surface area contributed by atoms with Crippen LogP contribution in [0.25, 0.3) is 17.0 Å². The number of aromatic nitrogens is 1. The third kappa shape index (κ3) is 5.36. The molecule has 3 aromatic carbocycles. The van der Waals surface area contributed by atoms with Gasteiger partial charge in [-0.25, -0.2) is 4.39 Å². The van der Waals surface area contributed by atoms with Crippen LogP contribution >= 0.6 is 27.7 Å². The average Bonchev–Trinajstić information content (AvgIpc) is 3.34. The Bertz CT molecular complexity index is 1560. The second kappa shape index (κ2) is 10.6. The number of carbonyl (C=O) groups excluding carboxylic acids is 2.